The summed E-state index contributed by atoms with van der Waals surface area (Å²) in [5.74, 6) is -0.324. The number of anilines is 1. The van der Waals surface area contributed by atoms with Crippen molar-refractivity contribution in [2.75, 3.05) is 18.5 Å². The van der Waals surface area contributed by atoms with Crippen LogP contribution in [0.5, 0.6) is 0 Å². The van der Waals surface area contributed by atoms with Gasteiger partial charge in [0.15, 0.2) is 0 Å². The van der Waals surface area contributed by atoms with E-state index in [1.54, 1.807) is 24.3 Å². The Morgan fingerprint density at radius 1 is 1.32 bits per heavy atom. The third kappa shape index (κ3) is 6.64. The van der Waals surface area contributed by atoms with Gasteiger partial charge in [0.1, 0.15) is 0 Å². The number of hydrogen-bond acceptors (Lipinski definition) is 3. The second kappa shape index (κ2) is 8.34. The molecule has 0 saturated carbocycles. The zero-order chi connectivity index (χ0) is 14.1. The van der Waals surface area contributed by atoms with Gasteiger partial charge >= 0.3 is 6.03 Å². The summed E-state index contributed by atoms with van der Waals surface area (Å²) < 4.78 is 5.02. The molecule has 0 spiro atoms. The fourth-order valence-electron chi connectivity index (χ4n) is 1.23. The normalized spacial score (nSPS) is 9.79. The molecule has 0 aliphatic carbocycles. The van der Waals surface area contributed by atoms with Gasteiger partial charge in [0.05, 0.1) is 13.0 Å². The van der Waals surface area contributed by atoms with Crippen LogP contribution < -0.4 is 16.2 Å². The number of nitrogens with one attached hydrogen (secondary N) is 3. The lowest BCUT2D eigenvalue weighted by Gasteiger charge is -2.09. The summed E-state index contributed by atoms with van der Waals surface area (Å²) in [6, 6.07) is 6.13. The van der Waals surface area contributed by atoms with E-state index < -0.39 is 6.03 Å². The molecule has 104 valence electrons. The van der Waals surface area contributed by atoms with Crippen LogP contribution in [0.1, 0.15) is 13.3 Å². The standard InChI is InChI=1S/C12H16ClN3O3/c1-2-19-7-6-11(17)15-16-12(18)14-10-5-3-4-9(13)8-10/h3-5,8H,2,6-7H2,1H3,(H,15,17)(H2,14,16,18). The minimum Gasteiger partial charge on any atom is -0.381 e. The second-order valence-corrected chi connectivity index (χ2v) is 4.02. The zero-order valence-electron chi connectivity index (χ0n) is 10.5. The van der Waals surface area contributed by atoms with E-state index in [9.17, 15) is 9.59 Å². The van der Waals surface area contributed by atoms with Gasteiger partial charge in [0, 0.05) is 17.3 Å². The molecule has 0 radical (unpaired) electrons. The highest BCUT2D eigenvalue weighted by Gasteiger charge is 2.04. The van der Waals surface area contributed by atoms with E-state index in [1.807, 2.05) is 6.92 Å². The Balaban J connectivity index is 2.26. The van der Waals surface area contributed by atoms with Gasteiger partial charge in [0.25, 0.3) is 0 Å². The summed E-state index contributed by atoms with van der Waals surface area (Å²) >= 11 is 5.77. The zero-order valence-corrected chi connectivity index (χ0v) is 11.3. The molecule has 1 aromatic rings. The molecule has 0 heterocycles. The number of hydrogen-bond donors (Lipinski definition) is 3. The molecule has 0 aliphatic rings. The molecule has 7 heteroatoms. The molecule has 1 aromatic carbocycles. The number of ether oxygens (including phenoxy) is 1. The maximum Gasteiger partial charge on any atom is 0.337 e. The van der Waals surface area contributed by atoms with Crippen molar-refractivity contribution in [3.05, 3.63) is 29.3 Å². The van der Waals surface area contributed by atoms with Crippen LogP contribution in [0.15, 0.2) is 24.3 Å². The monoisotopic (exact) mass is 285 g/mol. The van der Waals surface area contributed by atoms with Crippen LogP contribution in [-0.4, -0.2) is 25.2 Å². The molecule has 19 heavy (non-hydrogen) atoms. The van der Waals surface area contributed by atoms with Crippen molar-refractivity contribution >= 4 is 29.2 Å². The molecule has 0 aromatic heterocycles. The lowest BCUT2D eigenvalue weighted by atomic mass is 10.3. The summed E-state index contributed by atoms with van der Waals surface area (Å²) in [6.45, 7) is 2.71. The van der Waals surface area contributed by atoms with Gasteiger partial charge < -0.3 is 10.1 Å². The SMILES string of the molecule is CCOCCC(=O)NNC(=O)Nc1cccc(Cl)c1. The number of rotatable bonds is 5. The second-order valence-electron chi connectivity index (χ2n) is 3.58. The Morgan fingerprint density at radius 3 is 2.79 bits per heavy atom. The van der Waals surface area contributed by atoms with E-state index in [4.69, 9.17) is 16.3 Å². The Bertz CT molecular complexity index is 440. The molecule has 3 N–H and O–H groups in total. The van der Waals surface area contributed by atoms with Gasteiger partial charge in [-0.2, -0.15) is 0 Å². The summed E-state index contributed by atoms with van der Waals surface area (Å²) in [4.78, 5) is 22.7. The molecule has 0 aliphatic heterocycles. The molecule has 0 bridgehead atoms. The molecule has 0 fully saturated rings. The average Bonchev–Trinajstić information content (AvgIpc) is 2.37. The Kier molecular flexibility index (Phi) is 6.70. The van der Waals surface area contributed by atoms with Crippen molar-refractivity contribution in [3.8, 4) is 0 Å². The van der Waals surface area contributed by atoms with Gasteiger partial charge in [-0.3, -0.25) is 10.2 Å². The van der Waals surface area contributed by atoms with Crippen molar-refractivity contribution in [1.29, 1.82) is 0 Å². The summed E-state index contributed by atoms with van der Waals surface area (Å²) in [5.41, 5.74) is 5.03. The summed E-state index contributed by atoms with van der Waals surface area (Å²) in [6.07, 6.45) is 0.186. The predicted octanol–water partition coefficient (Wildman–Crippen LogP) is 1.92. The quantitative estimate of drug-likeness (QED) is 0.571. The lowest BCUT2D eigenvalue weighted by Crippen LogP contribution is -2.44. The van der Waals surface area contributed by atoms with Gasteiger partial charge in [-0.25, -0.2) is 10.2 Å². The van der Waals surface area contributed by atoms with Crippen LogP contribution in [0.3, 0.4) is 0 Å². The minimum absolute atomic E-state index is 0.186. The Labute approximate surface area is 116 Å². The van der Waals surface area contributed by atoms with Crippen molar-refractivity contribution in [1.82, 2.24) is 10.9 Å². The number of urea groups is 1. The molecule has 0 unspecified atom stereocenters. The molecular weight excluding hydrogens is 270 g/mol. The highest BCUT2D eigenvalue weighted by Crippen LogP contribution is 2.14. The topological polar surface area (TPSA) is 79.5 Å². The molecule has 0 saturated heterocycles. The lowest BCUT2D eigenvalue weighted by molar-refractivity contribution is -0.122. The van der Waals surface area contributed by atoms with Gasteiger partial charge in [0.2, 0.25) is 5.91 Å². The van der Waals surface area contributed by atoms with Crippen molar-refractivity contribution in [2.24, 2.45) is 0 Å². The van der Waals surface area contributed by atoms with E-state index in [0.717, 1.165) is 0 Å². The first-order valence-corrected chi connectivity index (χ1v) is 6.18. The number of carbonyl (C=O) groups is 2. The number of amides is 3. The number of hydrazine groups is 1. The van der Waals surface area contributed by atoms with Crippen LogP contribution >= 0.6 is 11.6 Å². The van der Waals surface area contributed by atoms with Gasteiger partial charge in [-0.15, -0.1) is 0 Å². The van der Waals surface area contributed by atoms with Crippen LogP contribution in [-0.2, 0) is 9.53 Å². The van der Waals surface area contributed by atoms with Crippen LogP contribution in [0.4, 0.5) is 10.5 Å². The molecule has 6 nitrogen and oxygen atoms in total. The Morgan fingerprint density at radius 2 is 2.11 bits per heavy atom. The highest BCUT2D eigenvalue weighted by molar-refractivity contribution is 6.30. The fourth-order valence-corrected chi connectivity index (χ4v) is 1.42. The summed E-state index contributed by atoms with van der Waals surface area (Å²) in [5, 5.41) is 3.04. The van der Waals surface area contributed by atoms with E-state index in [-0.39, 0.29) is 12.3 Å². The van der Waals surface area contributed by atoms with Gasteiger partial charge in [-0.05, 0) is 25.1 Å². The van der Waals surface area contributed by atoms with E-state index in [1.165, 1.54) is 0 Å². The summed E-state index contributed by atoms with van der Waals surface area (Å²) in [7, 11) is 0. The van der Waals surface area contributed by atoms with Crippen molar-refractivity contribution < 1.29 is 14.3 Å². The van der Waals surface area contributed by atoms with Crippen LogP contribution in [0, 0.1) is 0 Å². The number of halogens is 1. The number of carbonyl (C=O) groups excluding carboxylic acids is 2. The third-order valence-electron chi connectivity index (χ3n) is 2.08. The van der Waals surface area contributed by atoms with Crippen LogP contribution in [0.25, 0.3) is 0 Å². The average molecular weight is 286 g/mol. The Hall–Kier alpha value is -1.79. The molecule has 0 atom stereocenters. The van der Waals surface area contributed by atoms with E-state index in [0.29, 0.717) is 23.9 Å². The van der Waals surface area contributed by atoms with E-state index in [2.05, 4.69) is 16.2 Å². The van der Waals surface area contributed by atoms with Gasteiger partial charge in [-0.1, -0.05) is 17.7 Å². The number of benzene rings is 1. The highest BCUT2D eigenvalue weighted by atomic mass is 35.5. The smallest absolute Gasteiger partial charge is 0.337 e. The maximum atomic E-state index is 11.4. The maximum absolute atomic E-state index is 11.4. The first-order chi connectivity index (χ1) is 9.11. The first kappa shape index (κ1) is 15.3. The fraction of sp³-hybridized carbons (Fsp3) is 0.333. The predicted molar refractivity (Wildman–Crippen MR) is 72.9 cm³/mol. The largest absolute Gasteiger partial charge is 0.381 e. The molecule has 3 amide bonds. The van der Waals surface area contributed by atoms with E-state index >= 15 is 0 Å². The van der Waals surface area contributed by atoms with Crippen molar-refractivity contribution in [2.45, 2.75) is 13.3 Å². The third-order valence-corrected chi connectivity index (χ3v) is 2.31. The van der Waals surface area contributed by atoms with Crippen molar-refractivity contribution in [3.63, 3.8) is 0 Å². The molecular formula is C12H16ClN3O3. The minimum atomic E-state index is -0.549. The first-order valence-electron chi connectivity index (χ1n) is 5.81. The van der Waals surface area contributed by atoms with Crippen LogP contribution in [0.2, 0.25) is 5.02 Å². The molecule has 1 rings (SSSR count).